The highest BCUT2D eigenvalue weighted by atomic mass is 33.1. The zero-order chi connectivity index (χ0) is 66.3. The van der Waals surface area contributed by atoms with E-state index in [4.69, 9.17) is 40.1 Å². The topological polar surface area (TPSA) is 526 Å². The normalized spacial score (nSPS) is 20.5. The summed E-state index contributed by atoms with van der Waals surface area (Å²) in [5.74, 6) is -10.1. The third-order valence-electron chi connectivity index (χ3n) is 14.7. The third-order valence-corrected chi connectivity index (χ3v) is 17.1. The summed E-state index contributed by atoms with van der Waals surface area (Å²) in [7, 11) is 2.01. The Morgan fingerprint density at radius 2 is 1.29 bits per heavy atom. The van der Waals surface area contributed by atoms with Gasteiger partial charge in [-0.3, -0.25) is 62.7 Å². The fraction of sp³-hybridized carbons (Fsp3) is 0.561. The Labute approximate surface area is 530 Å². The second-order valence-electron chi connectivity index (χ2n) is 21.8. The Hall–Kier alpha value is -8.43. The molecule has 11 amide bonds. The first-order valence-corrected chi connectivity index (χ1v) is 32.3. The number of rotatable bonds is 30. The van der Waals surface area contributed by atoms with Crippen LogP contribution in [0.5, 0.6) is 5.75 Å². The van der Waals surface area contributed by atoms with Crippen LogP contribution in [0.3, 0.4) is 0 Å². The van der Waals surface area contributed by atoms with Crippen molar-refractivity contribution in [1.29, 1.82) is 0 Å². The average Bonchev–Trinajstić information content (AvgIpc) is 2.19. The predicted octanol–water partition coefficient (Wildman–Crippen LogP) is -4.72. The van der Waals surface area contributed by atoms with Gasteiger partial charge in [0.05, 0.1) is 19.1 Å². The summed E-state index contributed by atoms with van der Waals surface area (Å²) in [5, 5.41) is 33.4. The van der Waals surface area contributed by atoms with Gasteiger partial charge in [0.15, 0.2) is 11.9 Å². The number of benzene rings is 2. The minimum absolute atomic E-state index is 0.0147. The first-order valence-electron chi connectivity index (χ1n) is 29.8. The van der Waals surface area contributed by atoms with Crippen LogP contribution in [0.15, 0.2) is 64.6 Å². The highest BCUT2D eigenvalue weighted by Crippen LogP contribution is 2.27. The molecule has 0 radical (unpaired) electrons. The van der Waals surface area contributed by atoms with E-state index < -0.39 is 138 Å². The number of likely N-dealkylation sites (tertiary alicyclic amines) is 1. The molecule has 0 aliphatic carbocycles. The van der Waals surface area contributed by atoms with E-state index in [9.17, 15) is 57.8 Å². The second kappa shape index (κ2) is 38.9. The maximum Gasteiger partial charge on any atom is 0.246 e. The number of nitrogens with zero attached hydrogens (tertiary/aromatic N) is 3. The van der Waals surface area contributed by atoms with Crippen LogP contribution in [-0.2, 0) is 65.6 Å². The number of nitrogens with two attached hydrogens (primary N) is 7. The third kappa shape index (κ3) is 26.0. The highest BCUT2D eigenvalue weighted by Gasteiger charge is 2.41. The molecule has 90 heavy (non-hydrogen) atoms. The maximum atomic E-state index is 14.9. The minimum atomic E-state index is -1.52. The number of primary amides is 1. The van der Waals surface area contributed by atoms with Gasteiger partial charge < -0.3 is 98.0 Å². The number of aliphatic imine (C=N–C) groups is 2. The molecule has 0 bridgehead atoms. The van der Waals surface area contributed by atoms with Crippen LogP contribution in [0.25, 0.3) is 0 Å². The van der Waals surface area contributed by atoms with Gasteiger partial charge >= 0.3 is 0 Å². The molecular weight excluding hydrogens is 1210 g/mol. The first kappa shape index (κ1) is 74.0. The molecule has 2 aromatic rings. The summed E-state index contributed by atoms with van der Waals surface area (Å²) in [4.78, 5) is 163. The lowest BCUT2D eigenvalue weighted by atomic mass is 9.97. The van der Waals surface area contributed by atoms with Crippen molar-refractivity contribution in [2.75, 3.05) is 50.8 Å². The lowest BCUT2D eigenvalue weighted by Crippen LogP contribution is -2.61. The lowest BCUT2D eigenvalue weighted by Gasteiger charge is -2.31. The SMILES string of the molecule is CC[C@H](C)[C@@H]1NC(=O)C(CCCN=C(N)N)NC(=O)[C@H](CCCN=C(N)N)NC(=O)[C@@H](NC(=O)[C@H](Cc2ccccc2)NC(=O)CNC(=O)CNC(=O)[C@@H](N)Cc2ccc(O)cc2)CSSCC(C(=O)N2CCC[C@H]2C(=O)N[C@@H](CCCCN)C(N)=O)NC1=O. The molecule has 2 unspecified atom stereocenters. The smallest absolute Gasteiger partial charge is 0.246 e. The van der Waals surface area contributed by atoms with Crippen LogP contribution in [0, 0.1) is 5.92 Å². The number of amides is 11. The van der Waals surface area contributed by atoms with E-state index >= 15 is 0 Å². The van der Waals surface area contributed by atoms with Gasteiger partial charge in [0, 0.05) is 37.6 Å². The van der Waals surface area contributed by atoms with Crippen molar-refractivity contribution in [2.24, 2.45) is 56.0 Å². The molecule has 0 aromatic heterocycles. The predicted molar refractivity (Wildman–Crippen MR) is 340 cm³/mol. The van der Waals surface area contributed by atoms with Crippen molar-refractivity contribution in [3.8, 4) is 5.75 Å². The van der Waals surface area contributed by atoms with Gasteiger partial charge in [-0.2, -0.15) is 0 Å². The first-order chi connectivity index (χ1) is 42.9. The summed E-state index contributed by atoms with van der Waals surface area (Å²) < 4.78 is 0. The Kier molecular flexibility index (Phi) is 32.0. The summed E-state index contributed by atoms with van der Waals surface area (Å²) >= 11 is 0. The van der Waals surface area contributed by atoms with Gasteiger partial charge in [-0.1, -0.05) is 84.3 Å². The van der Waals surface area contributed by atoms with Gasteiger partial charge in [-0.15, -0.1) is 0 Å². The van der Waals surface area contributed by atoms with Crippen LogP contribution >= 0.6 is 21.6 Å². The van der Waals surface area contributed by atoms with Crippen molar-refractivity contribution >= 4 is 98.5 Å². The number of phenolic OH excluding ortho intramolecular Hbond substituents is 1. The molecule has 24 N–H and O–H groups in total. The molecule has 2 aromatic carbocycles. The number of aromatic hydroxyl groups is 1. The standard InChI is InChI=1S/C57H89N19O12S2/c1-3-32(2)46-54(87)74-42(55(88)76-25-11-17-43(76)53(86)70-37(47(60)80)14-7-8-22-58)31-90-89-30-41(52(85)72-38(15-9-23-65-56(61)62)49(82)71-39(50(83)75-46)16-10-24-66-57(63)64)73-51(84)40(27-33-12-5-4-6-13-33)69-45(79)29-67-44(78)28-68-48(81)36(59)26-34-18-20-35(77)21-19-34/h4-6,12-13,18-21,32,36-43,46,77H,3,7-11,14-17,22-31,58-59H2,1-2H3,(H2,60,80)(H,67,78)(H,68,81)(H,69,79)(H,70,86)(H,71,82)(H,72,85)(H,73,84)(H,74,87)(H,75,83)(H4,61,62,65)(H4,63,64,66)/t32-,36-,37-,38-,39?,40-,41-,42?,43-,46-/m0/s1. The number of hydrogen-bond acceptors (Lipinski definition) is 18. The summed E-state index contributed by atoms with van der Waals surface area (Å²) in [6.07, 6.45) is 2.26. The number of nitrogens with one attached hydrogen (secondary N) is 9. The monoisotopic (exact) mass is 1300 g/mol. The molecule has 31 nitrogen and oxygen atoms in total. The molecular formula is C57H89N19O12S2. The zero-order valence-corrected chi connectivity index (χ0v) is 52.4. The summed E-state index contributed by atoms with van der Waals surface area (Å²) in [6.45, 7) is 2.77. The van der Waals surface area contributed by atoms with Crippen molar-refractivity contribution in [2.45, 2.75) is 145 Å². The van der Waals surface area contributed by atoms with Crippen molar-refractivity contribution in [1.82, 2.24) is 52.8 Å². The quantitative estimate of drug-likeness (QED) is 0.0151. The van der Waals surface area contributed by atoms with E-state index in [1.165, 1.54) is 17.0 Å². The fourth-order valence-electron chi connectivity index (χ4n) is 9.54. The van der Waals surface area contributed by atoms with E-state index in [1.54, 1.807) is 56.3 Å². The molecule has 2 heterocycles. The number of carbonyl (C=O) groups excluding carboxylic acids is 11. The van der Waals surface area contributed by atoms with Gasteiger partial charge in [-0.05, 0) is 99.9 Å². The minimum Gasteiger partial charge on any atom is -0.508 e. The fourth-order valence-corrected chi connectivity index (χ4v) is 11.9. The van der Waals surface area contributed by atoms with E-state index in [2.05, 4.69) is 57.8 Å². The summed E-state index contributed by atoms with van der Waals surface area (Å²) in [6, 6.07) is 3.01. The Bertz CT molecular complexity index is 2810. The van der Waals surface area contributed by atoms with E-state index in [-0.39, 0.29) is 100 Å². The maximum absolute atomic E-state index is 14.9. The average molecular weight is 1300 g/mol. The van der Waals surface area contributed by atoms with E-state index in [0.717, 1.165) is 21.6 Å². The number of guanidine groups is 2. The molecule has 0 saturated carbocycles. The van der Waals surface area contributed by atoms with Gasteiger partial charge in [0.25, 0.3) is 0 Å². The zero-order valence-electron chi connectivity index (χ0n) is 50.7. The van der Waals surface area contributed by atoms with Crippen LogP contribution < -0.4 is 88.0 Å². The van der Waals surface area contributed by atoms with Crippen LogP contribution in [0.1, 0.15) is 89.2 Å². The second-order valence-corrected chi connectivity index (χ2v) is 24.4. The number of unbranched alkanes of at least 4 members (excludes halogenated alkanes) is 1. The Morgan fingerprint density at radius 3 is 1.90 bits per heavy atom. The van der Waals surface area contributed by atoms with Crippen LogP contribution in [-0.4, -0.2) is 192 Å². The molecule has 0 spiro atoms. The largest absolute Gasteiger partial charge is 0.508 e. The molecule has 10 atom stereocenters. The number of carbonyl (C=O) groups is 11. The Morgan fingerprint density at radius 1 is 0.689 bits per heavy atom. The summed E-state index contributed by atoms with van der Waals surface area (Å²) in [5.41, 5.74) is 40.9. The molecule has 496 valence electrons. The van der Waals surface area contributed by atoms with Crippen LogP contribution in [0.2, 0.25) is 0 Å². The number of phenols is 1. The van der Waals surface area contributed by atoms with Crippen LogP contribution in [0.4, 0.5) is 0 Å². The lowest BCUT2D eigenvalue weighted by molar-refractivity contribution is -0.142. The van der Waals surface area contributed by atoms with Gasteiger partial charge in [-0.25, -0.2) is 0 Å². The number of hydrogen-bond donors (Lipinski definition) is 17. The van der Waals surface area contributed by atoms with Crippen molar-refractivity contribution in [3.63, 3.8) is 0 Å². The molecule has 2 aliphatic heterocycles. The van der Waals surface area contributed by atoms with E-state index in [0.29, 0.717) is 43.4 Å². The molecule has 2 saturated heterocycles. The van der Waals surface area contributed by atoms with Gasteiger partial charge in [0.2, 0.25) is 65.0 Å². The molecule has 2 aliphatic rings. The van der Waals surface area contributed by atoms with Crippen molar-refractivity contribution in [3.05, 3.63) is 65.7 Å². The van der Waals surface area contributed by atoms with Crippen molar-refractivity contribution < 1.29 is 57.8 Å². The van der Waals surface area contributed by atoms with E-state index in [1.807, 2.05) is 0 Å². The molecule has 2 fully saturated rings. The highest BCUT2D eigenvalue weighted by molar-refractivity contribution is 8.76. The van der Waals surface area contributed by atoms with Gasteiger partial charge in [0.1, 0.15) is 54.1 Å². The molecule has 4 rings (SSSR count). The Balaban J connectivity index is 1.70. The molecule has 33 heteroatoms.